The Morgan fingerprint density at radius 2 is 2.00 bits per heavy atom. The third-order valence-electron chi connectivity index (χ3n) is 1.24. The minimum Gasteiger partial charge on any atom is -0.508 e. The van der Waals surface area contributed by atoms with Crippen molar-refractivity contribution in [3.05, 3.63) is 29.8 Å². The maximum absolute atomic E-state index is 8.92. The highest BCUT2D eigenvalue weighted by Crippen LogP contribution is 2.07. The molecule has 0 aliphatic heterocycles. The number of nitrogens with one attached hydrogen (secondary N) is 1. The lowest BCUT2D eigenvalue weighted by Crippen LogP contribution is -1.94. The van der Waals surface area contributed by atoms with Crippen LogP contribution in [0.5, 0.6) is 5.75 Å². The predicted octanol–water partition coefficient (Wildman–Crippen LogP) is 0.946. The van der Waals surface area contributed by atoms with Gasteiger partial charge in [-0.25, -0.2) is 0 Å². The molecule has 0 aromatic heterocycles. The summed E-state index contributed by atoms with van der Waals surface area (Å²) in [5.74, 6) is 0.270. The minimum absolute atomic E-state index is 0.270. The molecule has 0 heterocycles. The number of phenolic OH excluding ortho intramolecular Hbond substituents is 1. The van der Waals surface area contributed by atoms with E-state index < -0.39 is 0 Å². The van der Waals surface area contributed by atoms with E-state index >= 15 is 0 Å². The fraction of sp³-hybridized carbons (Fsp3) is 0.125. The summed E-state index contributed by atoms with van der Waals surface area (Å²) < 4.78 is 0. The second-order valence-corrected chi connectivity index (χ2v) is 2.07. The minimum atomic E-state index is 0.270. The molecular formula is C8H10N2O. The normalized spacial score (nSPS) is 10.3. The van der Waals surface area contributed by atoms with Gasteiger partial charge in [0.2, 0.25) is 0 Å². The molecule has 0 spiro atoms. The molecule has 0 atom stereocenters. The number of benzene rings is 1. The fourth-order valence-electron chi connectivity index (χ4n) is 0.699. The Hall–Kier alpha value is -1.51. The van der Waals surface area contributed by atoms with E-state index in [-0.39, 0.29) is 5.75 Å². The molecule has 0 saturated carbocycles. The van der Waals surface area contributed by atoms with Crippen molar-refractivity contribution in [2.24, 2.45) is 5.10 Å². The Morgan fingerprint density at radius 3 is 2.55 bits per heavy atom. The van der Waals surface area contributed by atoms with Crippen LogP contribution in [0.15, 0.2) is 29.4 Å². The molecule has 58 valence electrons. The molecular weight excluding hydrogens is 140 g/mol. The summed E-state index contributed by atoms with van der Waals surface area (Å²) in [5, 5.41) is 12.7. The van der Waals surface area contributed by atoms with Gasteiger partial charge in [0, 0.05) is 7.05 Å². The van der Waals surface area contributed by atoms with Gasteiger partial charge in [-0.15, -0.1) is 0 Å². The first kappa shape index (κ1) is 7.60. The Balaban J connectivity index is 2.73. The van der Waals surface area contributed by atoms with Gasteiger partial charge in [0.25, 0.3) is 0 Å². The number of nitrogens with zero attached hydrogens (tertiary/aromatic N) is 1. The second kappa shape index (κ2) is 3.61. The Kier molecular flexibility index (Phi) is 2.49. The van der Waals surface area contributed by atoms with E-state index in [9.17, 15) is 0 Å². The molecule has 11 heavy (non-hydrogen) atoms. The lowest BCUT2D eigenvalue weighted by molar-refractivity contribution is 0.475. The summed E-state index contributed by atoms with van der Waals surface area (Å²) in [6.07, 6.45) is 1.68. The lowest BCUT2D eigenvalue weighted by Gasteiger charge is -1.92. The number of rotatable bonds is 2. The van der Waals surface area contributed by atoms with Crippen LogP contribution in [0.2, 0.25) is 0 Å². The number of hydrazone groups is 1. The largest absolute Gasteiger partial charge is 0.508 e. The maximum Gasteiger partial charge on any atom is 0.115 e. The third-order valence-corrected chi connectivity index (χ3v) is 1.24. The summed E-state index contributed by atoms with van der Waals surface area (Å²) >= 11 is 0. The lowest BCUT2D eigenvalue weighted by atomic mass is 10.2. The highest BCUT2D eigenvalue weighted by Gasteiger charge is 1.86. The molecule has 1 rings (SSSR count). The van der Waals surface area contributed by atoms with Crippen LogP contribution in [0.3, 0.4) is 0 Å². The van der Waals surface area contributed by atoms with E-state index in [0.29, 0.717) is 0 Å². The number of phenols is 1. The van der Waals surface area contributed by atoms with Crippen LogP contribution < -0.4 is 5.43 Å². The molecule has 2 N–H and O–H groups in total. The first-order valence-electron chi connectivity index (χ1n) is 3.32. The van der Waals surface area contributed by atoms with E-state index in [2.05, 4.69) is 10.5 Å². The highest BCUT2D eigenvalue weighted by atomic mass is 16.3. The predicted molar refractivity (Wildman–Crippen MR) is 44.8 cm³/mol. The average molecular weight is 150 g/mol. The third kappa shape index (κ3) is 2.29. The van der Waals surface area contributed by atoms with E-state index in [1.807, 2.05) is 0 Å². The van der Waals surface area contributed by atoms with Crippen molar-refractivity contribution in [3.8, 4) is 5.75 Å². The van der Waals surface area contributed by atoms with Gasteiger partial charge in [-0.3, -0.25) is 0 Å². The zero-order valence-corrected chi connectivity index (χ0v) is 6.28. The van der Waals surface area contributed by atoms with Crippen molar-refractivity contribution in [1.29, 1.82) is 0 Å². The zero-order valence-electron chi connectivity index (χ0n) is 6.28. The van der Waals surface area contributed by atoms with E-state index in [4.69, 9.17) is 5.11 Å². The smallest absolute Gasteiger partial charge is 0.115 e. The molecule has 3 heteroatoms. The maximum atomic E-state index is 8.92. The van der Waals surface area contributed by atoms with Gasteiger partial charge in [-0.1, -0.05) is 0 Å². The summed E-state index contributed by atoms with van der Waals surface area (Å²) in [5.41, 5.74) is 3.59. The van der Waals surface area contributed by atoms with Crippen molar-refractivity contribution >= 4 is 6.21 Å². The summed E-state index contributed by atoms with van der Waals surface area (Å²) in [7, 11) is 1.73. The van der Waals surface area contributed by atoms with Crippen molar-refractivity contribution in [2.75, 3.05) is 7.05 Å². The Morgan fingerprint density at radius 1 is 1.36 bits per heavy atom. The summed E-state index contributed by atoms with van der Waals surface area (Å²) in [4.78, 5) is 0. The number of hydrogen-bond donors (Lipinski definition) is 2. The van der Waals surface area contributed by atoms with Crippen LogP contribution >= 0.6 is 0 Å². The number of aromatic hydroxyl groups is 1. The van der Waals surface area contributed by atoms with E-state index in [0.717, 1.165) is 5.56 Å². The van der Waals surface area contributed by atoms with Gasteiger partial charge in [-0.2, -0.15) is 5.10 Å². The van der Waals surface area contributed by atoms with Gasteiger partial charge in [0.05, 0.1) is 6.21 Å². The molecule has 3 nitrogen and oxygen atoms in total. The zero-order chi connectivity index (χ0) is 8.10. The quantitative estimate of drug-likeness (QED) is 0.487. The number of hydrogen-bond acceptors (Lipinski definition) is 3. The van der Waals surface area contributed by atoms with E-state index in [1.165, 1.54) is 0 Å². The van der Waals surface area contributed by atoms with Crippen molar-refractivity contribution in [3.63, 3.8) is 0 Å². The highest BCUT2D eigenvalue weighted by molar-refractivity contribution is 5.79. The first-order chi connectivity index (χ1) is 5.33. The van der Waals surface area contributed by atoms with Crippen LogP contribution in [0, 0.1) is 0 Å². The summed E-state index contributed by atoms with van der Waals surface area (Å²) in [6.45, 7) is 0. The molecule has 0 saturated heterocycles. The van der Waals surface area contributed by atoms with Crippen LogP contribution in [-0.2, 0) is 0 Å². The van der Waals surface area contributed by atoms with Crippen LogP contribution in [0.25, 0.3) is 0 Å². The van der Waals surface area contributed by atoms with Gasteiger partial charge in [0.15, 0.2) is 0 Å². The average Bonchev–Trinajstić information content (AvgIpc) is 2.04. The van der Waals surface area contributed by atoms with Gasteiger partial charge >= 0.3 is 0 Å². The molecule has 1 aromatic carbocycles. The van der Waals surface area contributed by atoms with Gasteiger partial charge in [-0.05, 0) is 29.8 Å². The monoisotopic (exact) mass is 150 g/mol. The van der Waals surface area contributed by atoms with Crippen molar-refractivity contribution in [2.45, 2.75) is 0 Å². The van der Waals surface area contributed by atoms with Crippen molar-refractivity contribution < 1.29 is 5.11 Å². The topological polar surface area (TPSA) is 44.6 Å². The first-order valence-corrected chi connectivity index (χ1v) is 3.32. The molecule has 0 unspecified atom stereocenters. The Bertz CT molecular complexity index is 241. The molecule has 0 bridgehead atoms. The van der Waals surface area contributed by atoms with Gasteiger partial charge < -0.3 is 10.5 Å². The van der Waals surface area contributed by atoms with E-state index in [1.54, 1.807) is 37.5 Å². The molecule has 1 aromatic rings. The standard InChI is InChI=1S/C8H10N2O/c1-9-10-6-7-2-4-8(11)5-3-7/h2-6,9,11H,1H3/b10-6+. The van der Waals surface area contributed by atoms with Crippen LogP contribution in [-0.4, -0.2) is 18.4 Å². The van der Waals surface area contributed by atoms with Crippen LogP contribution in [0.4, 0.5) is 0 Å². The second-order valence-electron chi connectivity index (χ2n) is 2.07. The molecule has 0 aliphatic carbocycles. The SMILES string of the molecule is CN/N=C/c1ccc(O)cc1. The fourth-order valence-corrected chi connectivity index (χ4v) is 0.699. The Labute approximate surface area is 65.4 Å². The van der Waals surface area contributed by atoms with Crippen molar-refractivity contribution in [1.82, 2.24) is 5.43 Å². The molecule has 0 fully saturated rings. The molecule has 0 aliphatic rings. The van der Waals surface area contributed by atoms with Crippen LogP contribution in [0.1, 0.15) is 5.56 Å². The summed E-state index contributed by atoms with van der Waals surface area (Å²) in [6, 6.07) is 6.82. The molecule has 0 amide bonds. The van der Waals surface area contributed by atoms with Gasteiger partial charge in [0.1, 0.15) is 5.75 Å². The molecule has 0 radical (unpaired) electrons.